The normalized spacial score (nSPS) is 33.8. The van der Waals surface area contributed by atoms with Crippen LogP contribution in [-0.4, -0.2) is 77.8 Å². The highest BCUT2D eigenvalue weighted by molar-refractivity contribution is 7.50. The van der Waals surface area contributed by atoms with Crippen molar-refractivity contribution in [2.45, 2.75) is 96.3 Å². The van der Waals surface area contributed by atoms with Crippen LogP contribution < -0.4 is 0 Å². The Bertz CT molecular complexity index is 466. The zero-order valence-corrected chi connectivity index (χ0v) is 21.8. The standard InChI is InChI=1S/C27H51N4P/c1-4-10-25(11-5-1)22-29-19-16-28-17-20-30(23-26-12-6-2-7-13-26)32(29)31(21-18-28)24-27-14-8-3-9-15-27/h25-27H,1-24H2. The summed E-state index contributed by atoms with van der Waals surface area (Å²) in [5, 5.41) is 0. The summed E-state index contributed by atoms with van der Waals surface area (Å²) in [4.78, 5) is 2.82. The second-order valence-corrected chi connectivity index (χ2v) is 14.1. The van der Waals surface area contributed by atoms with Gasteiger partial charge in [0.15, 0.2) is 0 Å². The summed E-state index contributed by atoms with van der Waals surface area (Å²) in [6.07, 6.45) is 22.3. The predicted octanol–water partition coefficient (Wildman–Crippen LogP) is 6.19. The van der Waals surface area contributed by atoms with Gasteiger partial charge < -0.3 is 0 Å². The lowest BCUT2D eigenvalue weighted by Gasteiger charge is -2.52. The van der Waals surface area contributed by atoms with Crippen LogP contribution in [0.4, 0.5) is 0 Å². The van der Waals surface area contributed by atoms with Crippen molar-refractivity contribution in [3.63, 3.8) is 0 Å². The van der Waals surface area contributed by atoms with Crippen LogP contribution in [0.15, 0.2) is 0 Å². The highest BCUT2D eigenvalue weighted by atomic mass is 31.2. The van der Waals surface area contributed by atoms with Crippen molar-refractivity contribution in [2.75, 3.05) is 58.9 Å². The van der Waals surface area contributed by atoms with Gasteiger partial charge in [-0.05, 0) is 56.3 Å². The molecule has 0 atom stereocenters. The van der Waals surface area contributed by atoms with Gasteiger partial charge in [0.05, 0.1) is 0 Å². The van der Waals surface area contributed by atoms with Crippen molar-refractivity contribution in [3.8, 4) is 0 Å². The van der Waals surface area contributed by atoms with Gasteiger partial charge in [0, 0.05) is 58.9 Å². The summed E-state index contributed by atoms with van der Waals surface area (Å²) in [5.74, 6) is 2.90. The first kappa shape index (κ1) is 24.0. The molecule has 0 aromatic heterocycles. The molecule has 6 rings (SSSR count). The van der Waals surface area contributed by atoms with Crippen LogP contribution in [0, 0.1) is 17.8 Å². The van der Waals surface area contributed by atoms with Crippen LogP contribution in [0.5, 0.6) is 0 Å². The highest BCUT2D eigenvalue weighted by Crippen LogP contribution is 2.52. The van der Waals surface area contributed by atoms with Gasteiger partial charge in [-0.25, -0.2) is 0 Å². The molecular weight excluding hydrogens is 411 g/mol. The van der Waals surface area contributed by atoms with Crippen molar-refractivity contribution < 1.29 is 0 Å². The van der Waals surface area contributed by atoms with Gasteiger partial charge in [-0.3, -0.25) is 18.9 Å². The zero-order chi connectivity index (χ0) is 21.6. The molecule has 0 aromatic carbocycles. The SMILES string of the molecule is C1CCC(CN2CCN3CCN(CC4CCCCC4)P2N(CC2CCCCC2)CC3)CC1. The minimum atomic E-state index is -0.269. The molecule has 0 spiro atoms. The molecule has 0 radical (unpaired) electrons. The lowest BCUT2D eigenvalue weighted by Crippen LogP contribution is -2.54. The van der Waals surface area contributed by atoms with Gasteiger partial charge in [0.1, 0.15) is 8.37 Å². The lowest BCUT2D eigenvalue weighted by molar-refractivity contribution is 0.135. The Morgan fingerprint density at radius 1 is 0.406 bits per heavy atom. The molecule has 3 saturated heterocycles. The van der Waals surface area contributed by atoms with E-state index in [9.17, 15) is 0 Å². The van der Waals surface area contributed by atoms with Crippen LogP contribution >= 0.6 is 8.37 Å². The Kier molecular flexibility index (Phi) is 9.22. The molecule has 4 nitrogen and oxygen atoms in total. The molecule has 32 heavy (non-hydrogen) atoms. The summed E-state index contributed by atoms with van der Waals surface area (Å²) in [6.45, 7) is 12.1. The van der Waals surface area contributed by atoms with Crippen LogP contribution in [0.3, 0.4) is 0 Å². The third kappa shape index (κ3) is 6.48. The molecule has 5 heteroatoms. The van der Waals surface area contributed by atoms with Crippen LogP contribution in [0.2, 0.25) is 0 Å². The lowest BCUT2D eigenvalue weighted by atomic mass is 9.89. The van der Waals surface area contributed by atoms with E-state index < -0.39 is 0 Å². The Morgan fingerprint density at radius 3 is 1.03 bits per heavy atom. The molecule has 6 fully saturated rings. The van der Waals surface area contributed by atoms with Crippen molar-refractivity contribution in [2.24, 2.45) is 17.8 Å². The van der Waals surface area contributed by atoms with Crippen LogP contribution in [-0.2, 0) is 0 Å². The molecule has 6 aliphatic rings. The molecular formula is C27H51N4P. The maximum atomic E-state index is 3.06. The summed E-state index contributed by atoms with van der Waals surface area (Å²) in [6, 6.07) is 0. The number of fused-ring (bicyclic) bond motifs is 6. The second kappa shape index (κ2) is 12.3. The van der Waals surface area contributed by atoms with E-state index in [1.54, 1.807) is 0 Å². The Hall–Kier alpha value is 0.270. The van der Waals surface area contributed by atoms with E-state index in [4.69, 9.17) is 0 Å². The Labute approximate surface area is 200 Å². The van der Waals surface area contributed by atoms with E-state index in [-0.39, 0.29) is 8.37 Å². The van der Waals surface area contributed by atoms with E-state index in [0.717, 1.165) is 17.8 Å². The Balaban J connectivity index is 1.35. The first-order valence-electron chi connectivity index (χ1n) is 14.6. The second-order valence-electron chi connectivity index (χ2n) is 11.9. The van der Waals surface area contributed by atoms with E-state index in [1.807, 2.05) is 0 Å². The maximum Gasteiger partial charge on any atom is 0.120 e. The van der Waals surface area contributed by atoms with Gasteiger partial charge in [0.25, 0.3) is 0 Å². The number of rotatable bonds is 6. The fourth-order valence-corrected chi connectivity index (χ4v) is 10.4. The van der Waals surface area contributed by atoms with E-state index >= 15 is 0 Å². The first-order chi connectivity index (χ1) is 15.8. The summed E-state index contributed by atoms with van der Waals surface area (Å²) in [5.41, 5.74) is 0. The fraction of sp³-hybridized carbons (Fsp3) is 1.00. The molecule has 3 heterocycles. The van der Waals surface area contributed by atoms with Crippen LogP contribution in [0.25, 0.3) is 0 Å². The third-order valence-electron chi connectivity index (χ3n) is 9.36. The smallest absolute Gasteiger partial charge is 0.120 e. The fourth-order valence-electron chi connectivity index (χ4n) is 7.41. The molecule has 0 aromatic rings. The van der Waals surface area contributed by atoms with E-state index in [1.165, 1.54) is 155 Å². The monoisotopic (exact) mass is 462 g/mol. The average Bonchev–Trinajstić information content (AvgIpc) is 2.82. The van der Waals surface area contributed by atoms with Crippen molar-refractivity contribution >= 4 is 8.37 Å². The third-order valence-corrected chi connectivity index (χ3v) is 12.0. The molecule has 0 amide bonds. The van der Waals surface area contributed by atoms with Crippen molar-refractivity contribution in [1.29, 1.82) is 0 Å². The van der Waals surface area contributed by atoms with Gasteiger partial charge in [0.2, 0.25) is 0 Å². The maximum absolute atomic E-state index is 3.06. The molecule has 3 aliphatic carbocycles. The quantitative estimate of drug-likeness (QED) is 0.436. The molecule has 0 unspecified atom stereocenters. The zero-order valence-electron chi connectivity index (χ0n) is 20.9. The first-order valence-corrected chi connectivity index (χ1v) is 15.8. The minimum absolute atomic E-state index is 0.269. The van der Waals surface area contributed by atoms with Crippen molar-refractivity contribution in [3.05, 3.63) is 0 Å². The van der Waals surface area contributed by atoms with E-state index in [0.29, 0.717) is 0 Å². The minimum Gasteiger partial charge on any atom is -0.299 e. The topological polar surface area (TPSA) is 13.0 Å². The average molecular weight is 463 g/mol. The highest BCUT2D eigenvalue weighted by Gasteiger charge is 2.39. The summed E-state index contributed by atoms with van der Waals surface area (Å²) in [7, 11) is -0.269. The van der Waals surface area contributed by atoms with Crippen LogP contribution in [0.1, 0.15) is 96.3 Å². The largest absolute Gasteiger partial charge is 0.299 e. The summed E-state index contributed by atoms with van der Waals surface area (Å²) < 4.78 is 9.17. The molecule has 184 valence electrons. The Morgan fingerprint density at radius 2 is 0.719 bits per heavy atom. The summed E-state index contributed by atoms with van der Waals surface area (Å²) >= 11 is 0. The molecule has 3 aliphatic heterocycles. The predicted molar refractivity (Wildman–Crippen MR) is 138 cm³/mol. The molecule has 0 N–H and O–H groups in total. The number of hydrogen-bond donors (Lipinski definition) is 0. The molecule has 2 bridgehead atoms. The van der Waals surface area contributed by atoms with E-state index in [2.05, 4.69) is 18.9 Å². The van der Waals surface area contributed by atoms with Gasteiger partial charge >= 0.3 is 0 Å². The number of hydrogen-bond acceptors (Lipinski definition) is 4. The van der Waals surface area contributed by atoms with Gasteiger partial charge in [-0.15, -0.1) is 0 Å². The van der Waals surface area contributed by atoms with Gasteiger partial charge in [-0.1, -0.05) is 57.8 Å². The number of nitrogens with zero attached hydrogens (tertiary/aromatic N) is 4. The van der Waals surface area contributed by atoms with Crippen molar-refractivity contribution in [1.82, 2.24) is 18.9 Å². The van der Waals surface area contributed by atoms with Gasteiger partial charge in [-0.2, -0.15) is 0 Å². The molecule has 3 saturated carbocycles.